The molecule has 2 rings (SSSR count). The van der Waals surface area contributed by atoms with Crippen LogP contribution in [0.15, 0.2) is 6.07 Å². The third kappa shape index (κ3) is 3.12. The molecular weight excluding hydrogens is 286 g/mol. The van der Waals surface area contributed by atoms with Crippen LogP contribution in [0.1, 0.15) is 52.7 Å². The van der Waals surface area contributed by atoms with Crippen LogP contribution in [0.4, 0.5) is 0 Å². The standard InChI is InChI=1S/C16H23NO3S/c1-4-5-16(15(19)20)6-8-17(9-7-16)14(18)13-10-11(2)12(3)21-13/h10H,4-9H2,1-3H3,(H,19,20). The Labute approximate surface area is 129 Å². The maximum Gasteiger partial charge on any atom is 0.309 e. The molecule has 0 saturated carbocycles. The fourth-order valence-electron chi connectivity index (χ4n) is 3.02. The number of carbonyl (C=O) groups is 2. The molecule has 1 saturated heterocycles. The molecule has 0 spiro atoms. The molecule has 0 aliphatic carbocycles. The van der Waals surface area contributed by atoms with Crippen molar-refractivity contribution in [2.24, 2.45) is 5.41 Å². The van der Waals surface area contributed by atoms with Gasteiger partial charge in [-0.15, -0.1) is 11.3 Å². The Bertz CT molecular complexity index is 522. The van der Waals surface area contributed by atoms with Crippen molar-refractivity contribution < 1.29 is 14.7 Å². The molecule has 0 aromatic carbocycles. The van der Waals surface area contributed by atoms with Gasteiger partial charge in [0.1, 0.15) is 0 Å². The van der Waals surface area contributed by atoms with E-state index in [9.17, 15) is 14.7 Å². The molecule has 4 nitrogen and oxygen atoms in total. The predicted molar refractivity (Wildman–Crippen MR) is 83.9 cm³/mol. The van der Waals surface area contributed by atoms with Gasteiger partial charge in [-0.1, -0.05) is 13.3 Å². The second-order valence-electron chi connectivity index (χ2n) is 5.98. The number of hydrogen-bond acceptors (Lipinski definition) is 3. The summed E-state index contributed by atoms with van der Waals surface area (Å²) in [5, 5.41) is 9.50. The molecule has 1 aliphatic rings. The van der Waals surface area contributed by atoms with E-state index in [0.29, 0.717) is 32.4 Å². The van der Waals surface area contributed by atoms with Gasteiger partial charge in [-0.3, -0.25) is 9.59 Å². The lowest BCUT2D eigenvalue weighted by Crippen LogP contribution is -2.46. The summed E-state index contributed by atoms with van der Waals surface area (Å²) >= 11 is 1.53. The molecule has 5 heteroatoms. The van der Waals surface area contributed by atoms with Crippen LogP contribution in [0.3, 0.4) is 0 Å². The van der Waals surface area contributed by atoms with Gasteiger partial charge in [-0.05, 0) is 44.7 Å². The Balaban J connectivity index is 2.06. The number of nitrogens with zero attached hydrogens (tertiary/aromatic N) is 1. The highest BCUT2D eigenvalue weighted by atomic mass is 32.1. The van der Waals surface area contributed by atoms with E-state index in [1.54, 1.807) is 0 Å². The highest BCUT2D eigenvalue weighted by Gasteiger charge is 2.41. The zero-order valence-electron chi connectivity index (χ0n) is 12.9. The topological polar surface area (TPSA) is 57.6 Å². The Morgan fingerprint density at radius 2 is 1.95 bits per heavy atom. The number of piperidine rings is 1. The van der Waals surface area contributed by atoms with E-state index < -0.39 is 11.4 Å². The lowest BCUT2D eigenvalue weighted by molar-refractivity contribution is -0.152. The third-order valence-electron chi connectivity index (χ3n) is 4.57. The molecule has 1 aromatic heterocycles. The zero-order chi connectivity index (χ0) is 15.6. The Hall–Kier alpha value is -1.36. The van der Waals surface area contributed by atoms with Gasteiger partial charge < -0.3 is 10.0 Å². The number of carbonyl (C=O) groups excluding carboxylic acids is 1. The predicted octanol–water partition coefficient (Wildman–Crippen LogP) is 3.47. The highest BCUT2D eigenvalue weighted by Crippen LogP contribution is 2.37. The van der Waals surface area contributed by atoms with Crippen LogP contribution >= 0.6 is 11.3 Å². The van der Waals surface area contributed by atoms with Gasteiger partial charge in [0.05, 0.1) is 10.3 Å². The summed E-state index contributed by atoms with van der Waals surface area (Å²) in [7, 11) is 0. The highest BCUT2D eigenvalue weighted by molar-refractivity contribution is 7.14. The molecule has 1 N–H and O–H groups in total. The van der Waals surface area contributed by atoms with Crippen molar-refractivity contribution in [3.63, 3.8) is 0 Å². The van der Waals surface area contributed by atoms with E-state index in [4.69, 9.17) is 0 Å². The normalized spacial score (nSPS) is 17.8. The first-order chi connectivity index (χ1) is 9.89. The summed E-state index contributed by atoms with van der Waals surface area (Å²) in [6.07, 6.45) is 2.68. The molecule has 0 atom stereocenters. The summed E-state index contributed by atoms with van der Waals surface area (Å²) in [6, 6.07) is 1.94. The van der Waals surface area contributed by atoms with E-state index in [2.05, 4.69) is 0 Å². The lowest BCUT2D eigenvalue weighted by atomic mass is 9.75. The van der Waals surface area contributed by atoms with Crippen LogP contribution in [0.5, 0.6) is 0 Å². The number of rotatable bonds is 4. The van der Waals surface area contributed by atoms with Gasteiger partial charge >= 0.3 is 5.97 Å². The van der Waals surface area contributed by atoms with Crippen LogP contribution in [0, 0.1) is 19.3 Å². The van der Waals surface area contributed by atoms with Crippen molar-refractivity contribution in [2.75, 3.05) is 13.1 Å². The fourth-order valence-corrected chi connectivity index (χ4v) is 4.02. The minimum absolute atomic E-state index is 0.0479. The van der Waals surface area contributed by atoms with Gasteiger partial charge in [-0.2, -0.15) is 0 Å². The Kier molecular flexibility index (Phi) is 4.71. The number of carboxylic acids is 1. The number of likely N-dealkylation sites (tertiary alicyclic amines) is 1. The number of carboxylic acid groups (broad SMARTS) is 1. The second kappa shape index (κ2) is 6.18. The number of aliphatic carboxylic acids is 1. The average Bonchev–Trinajstić information content (AvgIpc) is 2.79. The molecule has 116 valence electrons. The van der Waals surface area contributed by atoms with Crippen molar-refractivity contribution in [3.05, 3.63) is 21.4 Å². The molecule has 0 bridgehead atoms. The second-order valence-corrected chi connectivity index (χ2v) is 7.23. The summed E-state index contributed by atoms with van der Waals surface area (Å²) in [4.78, 5) is 27.8. The fraction of sp³-hybridized carbons (Fsp3) is 0.625. The number of thiophene rings is 1. The first-order valence-electron chi connectivity index (χ1n) is 7.49. The minimum atomic E-state index is -0.709. The molecule has 0 radical (unpaired) electrons. The molecule has 2 heterocycles. The van der Waals surface area contributed by atoms with E-state index >= 15 is 0 Å². The molecule has 1 aromatic rings. The summed E-state index contributed by atoms with van der Waals surface area (Å²) in [5.41, 5.74) is 0.513. The van der Waals surface area contributed by atoms with Gasteiger partial charge in [0.2, 0.25) is 0 Å². The maximum absolute atomic E-state index is 12.5. The smallest absolute Gasteiger partial charge is 0.309 e. The van der Waals surface area contributed by atoms with Gasteiger partial charge in [0.25, 0.3) is 5.91 Å². The van der Waals surface area contributed by atoms with Crippen LogP contribution in [0.2, 0.25) is 0 Å². The molecule has 1 amide bonds. The van der Waals surface area contributed by atoms with Crippen molar-refractivity contribution >= 4 is 23.2 Å². The van der Waals surface area contributed by atoms with Crippen molar-refractivity contribution in [3.8, 4) is 0 Å². The van der Waals surface area contributed by atoms with Gasteiger partial charge in [0, 0.05) is 18.0 Å². The Morgan fingerprint density at radius 1 is 1.33 bits per heavy atom. The summed E-state index contributed by atoms with van der Waals surface area (Å²) in [6.45, 7) is 7.13. The van der Waals surface area contributed by atoms with Crippen LogP contribution in [-0.2, 0) is 4.79 Å². The van der Waals surface area contributed by atoms with Gasteiger partial charge in [-0.25, -0.2) is 0 Å². The van der Waals surface area contributed by atoms with E-state index in [-0.39, 0.29) is 5.91 Å². The largest absolute Gasteiger partial charge is 0.481 e. The summed E-state index contributed by atoms with van der Waals surface area (Å²) < 4.78 is 0. The van der Waals surface area contributed by atoms with E-state index in [1.165, 1.54) is 16.2 Å². The number of hydrogen-bond donors (Lipinski definition) is 1. The van der Waals surface area contributed by atoms with Crippen molar-refractivity contribution in [1.29, 1.82) is 0 Å². The molecule has 1 aliphatic heterocycles. The zero-order valence-corrected chi connectivity index (χ0v) is 13.8. The minimum Gasteiger partial charge on any atom is -0.481 e. The molecule has 21 heavy (non-hydrogen) atoms. The van der Waals surface area contributed by atoms with Crippen LogP contribution in [0.25, 0.3) is 0 Å². The van der Waals surface area contributed by atoms with Gasteiger partial charge in [0.15, 0.2) is 0 Å². The quantitative estimate of drug-likeness (QED) is 0.926. The molecule has 1 fully saturated rings. The maximum atomic E-state index is 12.5. The van der Waals surface area contributed by atoms with Crippen LogP contribution < -0.4 is 0 Å². The van der Waals surface area contributed by atoms with E-state index in [0.717, 1.165) is 16.9 Å². The van der Waals surface area contributed by atoms with Crippen molar-refractivity contribution in [1.82, 2.24) is 4.90 Å². The first-order valence-corrected chi connectivity index (χ1v) is 8.31. The molecule has 0 unspecified atom stereocenters. The number of aryl methyl sites for hydroxylation is 2. The van der Waals surface area contributed by atoms with Crippen LogP contribution in [-0.4, -0.2) is 35.0 Å². The van der Waals surface area contributed by atoms with E-state index in [1.807, 2.05) is 31.7 Å². The third-order valence-corrected chi connectivity index (χ3v) is 5.71. The lowest BCUT2D eigenvalue weighted by Gasteiger charge is -2.38. The Morgan fingerprint density at radius 3 is 2.38 bits per heavy atom. The monoisotopic (exact) mass is 309 g/mol. The average molecular weight is 309 g/mol. The summed E-state index contributed by atoms with van der Waals surface area (Å²) in [5.74, 6) is -0.661. The molecular formula is C16H23NO3S. The number of amides is 1. The first kappa shape index (κ1) is 16.0. The van der Waals surface area contributed by atoms with Crippen molar-refractivity contribution in [2.45, 2.75) is 46.5 Å². The SMILES string of the molecule is CCCC1(C(=O)O)CCN(C(=O)c2cc(C)c(C)s2)CC1.